The van der Waals surface area contributed by atoms with Gasteiger partial charge in [0.1, 0.15) is 5.75 Å². The quantitative estimate of drug-likeness (QED) is 0.647. The lowest BCUT2D eigenvalue weighted by molar-refractivity contribution is 0.295. The van der Waals surface area contributed by atoms with Crippen LogP contribution in [0.4, 0.5) is 5.69 Å². The molecule has 3 nitrogen and oxygen atoms in total. The molecule has 1 N–H and O–H groups in total. The van der Waals surface area contributed by atoms with Crippen molar-refractivity contribution < 1.29 is 4.74 Å². The van der Waals surface area contributed by atoms with Gasteiger partial charge in [-0.15, -0.1) is 0 Å². The number of ether oxygens (including phenoxy) is 1. The Labute approximate surface area is 149 Å². The lowest BCUT2D eigenvalue weighted by atomic mass is 9.97. The maximum Gasteiger partial charge on any atom is 0.119 e. The van der Waals surface area contributed by atoms with E-state index >= 15 is 0 Å². The predicted molar refractivity (Wildman–Crippen MR) is 103 cm³/mol. The smallest absolute Gasteiger partial charge is 0.119 e. The van der Waals surface area contributed by atoms with E-state index in [9.17, 15) is 0 Å². The number of hydrogen-bond donors (Lipinski definition) is 1. The second-order valence-corrected chi connectivity index (χ2v) is 6.30. The molecule has 0 spiro atoms. The number of hydrogen-bond acceptors (Lipinski definition) is 3. The highest BCUT2D eigenvalue weighted by Gasteiger charge is 2.08. The number of aromatic nitrogens is 1. The fourth-order valence-corrected chi connectivity index (χ4v) is 2.83. The molecule has 0 fully saturated rings. The SMILES string of the molecule is Cc1ccccc1C(C)COc1ccc(CNc2ccncc2)cc1. The van der Waals surface area contributed by atoms with E-state index in [-0.39, 0.29) is 0 Å². The molecule has 0 saturated carbocycles. The second-order valence-electron chi connectivity index (χ2n) is 6.30. The van der Waals surface area contributed by atoms with Gasteiger partial charge in [-0.25, -0.2) is 0 Å². The minimum Gasteiger partial charge on any atom is -0.493 e. The second kappa shape index (κ2) is 8.34. The first-order valence-corrected chi connectivity index (χ1v) is 8.63. The van der Waals surface area contributed by atoms with Crippen molar-refractivity contribution in [3.05, 3.63) is 89.7 Å². The summed E-state index contributed by atoms with van der Waals surface area (Å²) < 4.78 is 5.97. The summed E-state index contributed by atoms with van der Waals surface area (Å²) in [4.78, 5) is 4.02. The summed E-state index contributed by atoms with van der Waals surface area (Å²) in [5, 5.41) is 3.38. The van der Waals surface area contributed by atoms with E-state index in [2.05, 4.69) is 60.5 Å². The van der Waals surface area contributed by atoms with Crippen molar-refractivity contribution in [1.82, 2.24) is 4.98 Å². The summed E-state index contributed by atoms with van der Waals surface area (Å²) in [6.07, 6.45) is 3.57. The van der Waals surface area contributed by atoms with Crippen LogP contribution in [0.15, 0.2) is 73.1 Å². The Balaban J connectivity index is 1.51. The highest BCUT2D eigenvalue weighted by atomic mass is 16.5. The third-order valence-electron chi connectivity index (χ3n) is 4.32. The number of benzene rings is 2. The van der Waals surface area contributed by atoms with Crippen molar-refractivity contribution in [2.24, 2.45) is 0 Å². The summed E-state index contributed by atoms with van der Waals surface area (Å²) >= 11 is 0. The Bertz CT molecular complexity index is 785. The zero-order valence-corrected chi connectivity index (χ0v) is 14.8. The zero-order chi connectivity index (χ0) is 17.5. The van der Waals surface area contributed by atoms with Crippen LogP contribution in [0.25, 0.3) is 0 Å². The van der Waals surface area contributed by atoms with Gasteiger partial charge in [-0.05, 0) is 47.9 Å². The number of aryl methyl sites for hydroxylation is 1. The van der Waals surface area contributed by atoms with Crippen molar-refractivity contribution in [1.29, 1.82) is 0 Å². The van der Waals surface area contributed by atoms with Crippen LogP contribution >= 0.6 is 0 Å². The predicted octanol–water partition coefficient (Wildman–Crippen LogP) is 5.18. The molecule has 3 heteroatoms. The van der Waals surface area contributed by atoms with Crippen LogP contribution in [-0.2, 0) is 6.54 Å². The average Bonchev–Trinajstić information content (AvgIpc) is 2.66. The van der Waals surface area contributed by atoms with Gasteiger partial charge in [0, 0.05) is 30.5 Å². The first kappa shape index (κ1) is 17.0. The van der Waals surface area contributed by atoms with E-state index < -0.39 is 0 Å². The molecule has 1 atom stereocenters. The van der Waals surface area contributed by atoms with Gasteiger partial charge in [-0.3, -0.25) is 4.98 Å². The Morgan fingerprint density at radius 2 is 1.68 bits per heavy atom. The van der Waals surface area contributed by atoms with E-state index in [1.165, 1.54) is 16.7 Å². The summed E-state index contributed by atoms with van der Waals surface area (Å²) in [5.74, 6) is 1.28. The minimum absolute atomic E-state index is 0.370. The van der Waals surface area contributed by atoms with Gasteiger partial charge in [0.15, 0.2) is 0 Å². The molecular formula is C22H24N2O. The van der Waals surface area contributed by atoms with Gasteiger partial charge >= 0.3 is 0 Å². The number of rotatable bonds is 7. The largest absolute Gasteiger partial charge is 0.493 e. The summed E-state index contributed by atoms with van der Waals surface area (Å²) in [6.45, 7) is 5.81. The van der Waals surface area contributed by atoms with E-state index in [0.717, 1.165) is 18.0 Å². The molecule has 0 bridgehead atoms. The molecular weight excluding hydrogens is 308 g/mol. The highest BCUT2D eigenvalue weighted by molar-refractivity contribution is 5.42. The number of anilines is 1. The Morgan fingerprint density at radius 1 is 0.960 bits per heavy atom. The van der Waals surface area contributed by atoms with Crippen LogP contribution in [0, 0.1) is 6.92 Å². The number of pyridine rings is 1. The Hall–Kier alpha value is -2.81. The lowest BCUT2D eigenvalue weighted by Gasteiger charge is -2.16. The van der Waals surface area contributed by atoms with E-state index in [1.54, 1.807) is 12.4 Å². The molecule has 1 heterocycles. The van der Waals surface area contributed by atoms with Crippen molar-refractivity contribution in [2.75, 3.05) is 11.9 Å². The van der Waals surface area contributed by atoms with Crippen LogP contribution in [-0.4, -0.2) is 11.6 Å². The third-order valence-corrected chi connectivity index (χ3v) is 4.32. The molecule has 3 rings (SSSR count). The first-order chi connectivity index (χ1) is 12.2. The molecule has 0 radical (unpaired) electrons. The van der Waals surface area contributed by atoms with Crippen molar-refractivity contribution in [2.45, 2.75) is 26.3 Å². The highest BCUT2D eigenvalue weighted by Crippen LogP contribution is 2.21. The fourth-order valence-electron chi connectivity index (χ4n) is 2.83. The number of nitrogens with zero attached hydrogens (tertiary/aromatic N) is 1. The first-order valence-electron chi connectivity index (χ1n) is 8.63. The zero-order valence-electron chi connectivity index (χ0n) is 14.8. The summed E-state index contributed by atoms with van der Waals surface area (Å²) in [6, 6.07) is 20.7. The van der Waals surface area contributed by atoms with Gasteiger partial charge < -0.3 is 10.1 Å². The Kier molecular flexibility index (Phi) is 5.68. The molecule has 0 amide bonds. The van der Waals surface area contributed by atoms with Crippen LogP contribution in [0.1, 0.15) is 29.5 Å². The van der Waals surface area contributed by atoms with Gasteiger partial charge in [0.05, 0.1) is 6.61 Å². The Morgan fingerprint density at radius 3 is 2.40 bits per heavy atom. The molecule has 128 valence electrons. The van der Waals surface area contributed by atoms with Crippen molar-refractivity contribution in [3.63, 3.8) is 0 Å². The maximum atomic E-state index is 5.97. The molecule has 1 aromatic heterocycles. The third kappa shape index (κ3) is 4.83. The lowest BCUT2D eigenvalue weighted by Crippen LogP contribution is -2.08. The molecule has 25 heavy (non-hydrogen) atoms. The van der Waals surface area contributed by atoms with E-state index in [0.29, 0.717) is 12.5 Å². The van der Waals surface area contributed by atoms with Crippen molar-refractivity contribution in [3.8, 4) is 5.75 Å². The summed E-state index contributed by atoms with van der Waals surface area (Å²) in [5.41, 5.74) is 4.95. The molecule has 2 aromatic carbocycles. The molecule has 0 aliphatic rings. The van der Waals surface area contributed by atoms with Gasteiger partial charge in [0.2, 0.25) is 0 Å². The molecule has 0 saturated heterocycles. The monoisotopic (exact) mass is 332 g/mol. The molecule has 0 aliphatic carbocycles. The van der Waals surface area contributed by atoms with Crippen LogP contribution < -0.4 is 10.1 Å². The summed E-state index contributed by atoms with van der Waals surface area (Å²) in [7, 11) is 0. The topological polar surface area (TPSA) is 34.1 Å². The molecule has 1 unspecified atom stereocenters. The van der Waals surface area contributed by atoms with Gasteiger partial charge in [-0.1, -0.05) is 43.3 Å². The van der Waals surface area contributed by atoms with E-state index in [4.69, 9.17) is 4.74 Å². The number of nitrogens with one attached hydrogen (secondary N) is 1. The minimum atomic E-state index is 0.370. The standard InChI is InChI=1S/C22H24N2O/c1-17-5-3-4-6-22(17)18(2)16-25-21-9-7-19(8-10-21)15-24-20-11-13-23-14-12-20/h3-14,18H,15-16H2,1-2H3,(H,23,24). The molecule has 3 aromatic rings. The maximum absolute atomic E-state index is 5.97. The van der Waals surface area contributed by atoms with Crippen LogP contribution in [0.3, 0.4) is 0 Å². The van der Waals surface area contributed by atoms with Crippen molar-refractivity contribution >= 4 is 5.69 Å². The fraction of sp³-hybridized carbons (Fsp3) is 0.227. The average molecular weight is 332 g/mol. The molecule has 0 aliphatic heterocycles. The van der Waals surface area contributed by atoms with Crippen LogP contribution in [0.2, 0.25) is 0 Å². The van der Waals surface area contributed by atoms with E-state index in [1.807, 2.05) is 24.3 Å². The van der Waals surface area contributed by atoms with Gasteiger partial charge in [0.25, 0.3) is 0 Å². The van der Waals surface area contributed by atoms with Crippen LogP contribution in [0.5, 0.6) is 5.75 Å². The normalized spacial score (nSPS) is 11.8. The van der Waals surface area contributed by atoms with Gasteiger partial charge in [-0.2, -0.15) is 0 Å².